The van der Waals surface area contributed by atoms with Crippen molar-refractivity contribution in [3.05, 3.63) is 45.6 Å². The first-order chi connectivity index (χ1) is 15.1. The molecule has 2 nitrogen and oxygen atoms in total. The second-order valence-electron chi connectivity index (χ2n) is 12.3. The van der Waals surface area contributed by atoms with Gasteiger partial charge in [0.2, 0.25) is 0 Å². The van der Waals surface area contributed by atoms with Crippen LogP contribution in [0.2, 0.25) is 18.1 Å². The quantitative estimate of drug-likeness (QED) is 0.278. The maximum atomic E-state index is 6.84. The highest BCUT2D eigenvalue weighted by Crippen LogP contribution is 2.47. The summed E-state index contributed by atoms with van der Waals surface area (Å²) < 4.78 is 13.6. The monoisotopic (exact) mass is 470 g/mol. The van der Waals surface area contributed by atoms with Crippen LogP contribution < -0.4 is 9.16 Å². The Morgan fingerprint density at radius 3 is 2.21 bits per heavy atom. The summed E-state index contributed by atoms with van der Waals surface area (Å²) >= 11 is 0. The molecule has 0 N–H and O–H groups in total. The molecule has 1 aromatic rings. The summed E-state index contributed by atoms with van der Waals surface area (Å²) in [7, 11) is -1.90. The van der Waals surface area contributed by atoms with Gasteiger partial charge in [-0.05, 0) is 122 Å². The third-order valence-electron chi connectivity index (χ3n) is 7.98. The summed E-state index contributed by atoms with van der Waals surface area (Å²) in [4.78, 5) is 0. The molecule has 33 heavy (non-hydrogen) atoms. The van der Waals surface area contributed by atoms with E-state index in [9.17, 15) is 0 Å². The normalized spacial score (nSPS) is 19.1. The molecule has 0 amide bonds. The van der Waals surface area contributed by atoms with E-state index < -0.39 is 8.32 Å². The van der Waals surface area contributed by atoms with Crippen LogP contribution in [0.15, 0.2) is 23.3 Å². The molecule has 1 atom stereocenters. The smallest absolute Gasteiger partial charge is 0.250 e. The van der Waals surface area contributed by atoms with E-state index in [1.54, 1.807) is 0 Å². The van der Waals surface area contributed by atoms with Crippen molar-refractivity contribution in [2.45, 2.75) is 131 Å². The highest BCUT2D eigenvalue weighted by molar-refractivity contribution is 6.74. The lowest BCUT2D eigenvalue weighted by molar-refractivity contribution is 0.0559. The Morgan fingerprint density at radius 2 is 1.64 bits per heavy atom. The fourth-order valence-electron chi connectivity index (χ4n) is 4.33. The summed E-state index contributed by atoms with van der Waals surface area (Å²) in [5.41, 5.74) is 7.94. The molecule has 2 rings (SSSR count). The number of allylic oxidation sites excluding steroid dienone is 4. The molecule has 0 bridgehead atoms. The Hall–Kier alpha value is -1.48. The van der Waals surface area contributed by atoms with E-state index in [1.807, 2.05) is 0 Å². The zero-order valence-corrected chi connectivity index (χ0v) is 24.7. The highest BCUT2D eigenvalue weighted by atomic mass is 28.4. The number of hydrogen-bond donors (Lipinski definition) is 0. The van der Waals surface area contributed by atoms with E-state index in [4.69, 9.17) is 9.16 Å². The molecular weight excluding hydrogens is 420 g/mol. The average Bonchev–Trinajstić information content (AvgIpc) is 2.68. The van der Waals surface area contributed by atoms with Crippen molar-refractivity contribution in [1.29, 1.82) is 0 Å². The Bertz CT molecular complexity index is 910. The van der Waals surface area contributed by atoms with Crippen molar-refractivity contribution >= 4 is 8.32 Å². The number of fused-ring (bicyclic) bond motifs is 1. The minimum atomic E-state index is -1.90. The molecule has 1 heterocycles. The highest BCUT2D eigenvalue weighted by Gasteiger charge is 2.41. The molecule has 0 aromatic heterocycles. The molecule has 1 aliphatic heterocycles. The minimum absolute atomic E-state index is 0.102. The van der Waals surface area contributed by atoms with Crippen molar-refractivity contribution < 1.29 is 9.16 Å². The summed E-state index contributed by atoms with van der Waals surface area (Å²) in [5, 5.41) is 0.183. The van der Waals surface area contributed by atoms with E-state index in [2.05, 4.69) is 94.5 Å². The topological polar surface area (TPSA) is 18.5 Å². The van der Waals surface area contributed by atoms with Gasteiger partial charge in [0, 0.05) is 5.56 Å². The molecule has 0 saturated carbocycles. The molecule has 186 valence electrons. The van der Waals surface area contributed by atoms with Gasteiger partial charge in [-0.15, -0.1) is 0 Å². The van der Waals surface area contributed by atoms with Gasteiger partial charge in [0.15, 0.2) is 0 Å². The second kappa shape index (κ2) is 10.4. The molecule has 0 unspecified atom stereocenters. The number of rotatable bonds is 8. The molecular formula is C30H50O2Si. The van der Waals surface area contributed by atoms with Crippen LogP contribution in [0.1, 0.15) is 103 Å². The first kappa shape index (κ1) is 27.8. The fourth-order valence-corrected chi connectivity index (χ4v) is 5.46. The van der Waals surface area contributed by atoms with Crippen molar-refractivity contribution in [1.82, 2.24) is 0 Å². The van der Waals surface area contributed by atoms with Gasteiger partial charge in [-0.2, -0.15) is 0 Å². The largest absolute Gasteiger partial charge is 0.543 e. The van der Waals surface area contributed by atoms with Gasteiger partial charge in [0.1, 0.15) is 17.1 Å². The summed E-state index contributed by atoms with van der Waals surface area (Å²) in [6.07, 6.45) is 11.3. The summed E-state index contributed by atoms with van der Waals surface area (Å²) in [6, 6.07) is 0. The summed E-state index contributed by atoms with van der Waals surface area (Å²) in [6.45, 7) is 27.2. The van der Waals surface area contributed by atoms with Gasteiger partial charge in [-0.25, -0.2) is 0 Å². The van der Waals surface area contributed by atoms with Crippen LogP contribution in [0.25, 0.3) is 0 Å². The predicted octanol–water partition coefficient (Wildman–Crippen LogP) is 9.55. The van der Waals surface area contributed by atoms with Gasteiger partial charge in [0.25, 0.3) is 8.32 Å². The molecule has 1 aromatic carbocycles. The van der Waals surface area contributed by atoms with Crippen molar-refractivity contribution in [3.63, 3.8) is 0 Å². The third kappa shape index (κ3) is 6.78. The average molecular weight is 471 g/mol. The molecule has 0 radical (unpaired) electrons. The zero-order chi connectivity index (χ0) is 25.2. The van der Waals surface area contributed by atoms with Crippen LogP contribution in [0.4, 0.5) is 0 Å². The van der Waals surface area contributed by atoms with Crippen LogP contribution in [0.3, 0.4) is 0 Å². The number of benzene rings is 1. The first-order valence-corrected chi connectivity index (χ1v) is 15.8. The lowest BCUT2D eigenvalue weighted by Crippen LogP contribution is -2.44. The zero-order valence-electron chi connectivity index (χ0n) is 23.7. The van der Waals surface area contributed by atoms with Crippen LogP contribution in [0, 0.1) is 20.8 Å². The van der Waals surface area contributed by atoms with Crippen LogP contribution in [0.5, 0.6) is 11.5 Å². The van der Waals surface area contributed by atoms with Gasteiger partial charge in [0.05, 0.1) is 0 Å². The van der Waals surface area contributed by atoms with Gasteiger partial charge < -0.3 is 9.16 Å². The van der Waals surface area contributed by atoms with E-state index in [-0.39, 0.29) is 10.6 Å². The first-order valence-electron chi connectivity index (χ1n) is 12.9. The Kier molecular flexibility index (Phi) is 8.76. The van der Waals surface area contributed by atoms with Crippen LogP contribution >= 0.6 is 0 Å². The molecule has 0 aliphatic carbocycles. The Balaban J connectivity index is 2.20. The molecule has 0 saturated heterocycles. The fraction of sp³-hybridized carbons (Fsp3) is 0.667. The van der Waals surface area contributed by atoms with Crippen LogP contribution in [-0.2, 0) is 6.42 Å². The molecule has 0 spiro atoms. The second-order valence-corrected chi connectivity index (χ2v) is 17.1. The van der Waals surface area contributed by atoms with Crippen LogP contribution in [-0.4, -0.2) is 13.9 Å². The number of hydrogen-bond acceptors (Lipinski definition) is 2. The third-order valence-corrected chi connectivity index (χ3v) is 12.3. The minimum Gasteiger partial charge on any atom is -0.543 e. The lowest BCUT2D eigenvalue weighted by Gasteiger charge is -2.41. The molecule has 1 aliphatic rings. The standard InChI is InChI=1S/C30H50O2Si/c1-21(2)15-13-16-22(3)17-14-19-30(10)20-18-26-25(6)27(23(4)24(5)28(26)31-30)32-33(11,12)29(7,8)9/h15,17H,13-14,16,18-20H2,1-12H3/b22-17+/t30-/m1/s1. The Morgan fingerprint density at radius 1 is 1.00 bits per heavy atom. The SMILES string of the molecule is CC(C)=CCC/C(C)=C/CC[C@]1(C)CCc2c(C)c(O[Si](C)(C)C(C)(C)C)c(C)c(C)c2O1. The molecule has 3 heteroatoms. The van der Waals surface area contributed by atoms with E-state index >= 15 is 0 Å². The van der Waals surface area contributed by atoms with E-state index in [1.165, 1.54) is 33.4 Å². The maximum absolute atomic E-state index is 6.84. The van der Waals surface area contributed by atoms with Gasteiger partial charge in [-0.1, -0.05) is 44.1 Å². The predicted molar refractivity (Wildman–Crippen MR) is 147 cm³/mol. The van der Waals surface area contributed by atoms with Crippen molar-refractivity contribution in [2.24, 2.45) is 0 Å². The van der Waals surface area contributed by atoms with Crippen molar-refractivity contribution in [3.8, 4) is 11.5 Å². The lowest BCUT2D eigenvalue weighted by atomic mass is 9.85. The summed E-state index contributed by atoms with van der Waals surface area (Å²) in [5.74, 6) is 2.23. The Labute approximate surface area is 206 Å². The van der Waals surface area contributed by atoms with Gasteiger partial charge in [-0.3, -0.25) is 0 Å². The van der Waals surface area contributed by atoms with Gasteiger partial charge >= 0.3 is 0 Å². The van der Waals surface area contributed by atoms with E-state index in [0.717, 1.165) is 50.0 Å². The molecule has 0 fully saturated rings. The number of ether oxygens (including phenoxy) is 1. The maximum Gasteiger partial charge on any atom is 0.250 e. The van der Waals surface area contributed by atoms with E-state index in [0.29, 0.717) is 0 Å². The van der Waals surface area contributed by atoms with Crippen molar-refractivity contribution in [2.75, 3.05) is 0 Å².